The molecule has 0 amide bonds. The number of rotatable bonds is 1. The number of hydrogen-bond donors (Lipinski definition) is 1. The maximum atomic E-state index is 4.94. The second-order valence-corrected chi connectivity index (χ2v) is 4.01. The summed E-state index contributed by atoms with van der Waals surface area (Å²) in [5, 5.41) is 6.96. The van der Waals surface area contributed by atoms with Crippen LogP contribution in [0.1, 0.15) is 26.3 Å². The van der Waals surface area contributed by atoms with Crippen molar-refractivity contribution in [3.05, 3.63) is 29.8 Å². The van der Waals surface area contributed by atoms with Gasteiger partial charge in [0, 0.05) is 0 Å². The molecule has 0 fully saturated rings. The van der Waals surface area contributed by atoms with Gasteiger partial charge in [-0.3, -0.25) is 0 Å². The molecular weight excluding hydrogens is 162 g/mol. The van der Waals surface area contributed by atoms with Crippen molar-refractivity contribution in [3.8, 4) is 0 Å². The molecule has 0 aliphatic rings. The van der Waals surface area contributed by atoms with Gasteiger partial charge in [0.1, 0.15) is 0 Å². The molecule has 70 valence electrons. The molecule has 3 nitrogen and oxygen atoms in total. The van der Waals surface area contributed by atoms with Gasteiger partial charge < -0.3 is 5.84 Å². The van der Waals surface area contributed by atoms with E-state index in [0.717, 1.165) is 5.69 Å². The van der Waals surface area contributed by atoms with Crippen molar-refractivity contribution in [1.29, 1.82) is 0 Å². The fourth-order valence-electron chi connectivity index (χ4n) is 1.09. The minimum atomic E-state index is 0.179. The highest BCUT2D eigenvalue weighted by molar-refractivity contribution is 5.39. The van der Waals surface area contributed by atoms with Gasteiger partial charge in [-0.15, -0.1) is 5.11 Å². The summed E-state index contributed by atoms with van der Waals surface area (Å²) in [7, 11) is 0. The fourth-order valence-corrected chi connectivity index (χ4v) is 1.09. The second kappa shape index (κ2) is 3.56. The maximum absolute atomic E-state index is 4.94. The Morgan fingerprint density at radius 3 is 2.00 bits per heavy atom. The van der Waals surface area contributed by atoms with Crippen molar-refractivity contribution in [2.45, 2.75) is 26.2 Å². The van der Waals surface area contributed by atoms with E-state index in [1.807, 2.05) is 24.3 Å². The zero-order valence-electron chi connectivity index (χ0n) is 8.28. The van der Waals surface area contributed by atoms with Gasteiger partial charge in [0.15, 0.2) is 0 Å². The molecule has 0 spiro atoms. The van der Waals surface area contributed by atoms with E-state index in [0.29, 0.717) is 0 Å². The quantitative estimate of drug-likeness (QED) is 0.400. The van der Waals surface area contributed by atoms with Gasteiger partial charge in [-0.1, -0.05) is 38.1 Å². The standard InChI is InChI=1S/C10H15N3/c1-10(2,3)8-4-6-9(7-5-8)12-13-11/h4-7H,1-3H3,(H2,11,12). The zero-order valence-corrected chi connectivity index (χ0v) is 8.28. The molecule has 0 bridgehead atoms. The molecule has 1 aromatic carbocycles. The summed E-state index contributed by atoms with van der Waals surface area (Å²) >= 11 is 0. The Bertz CT molecular complexity index is 293. The number of benzene rings is 1. The Morgan fingerprint density at radius 2 is 1.62 bits per heavy atom. The van der Waals surface area contributed by atoms with Crippen LogP contribution < -0.4 is 5.84 Å². The highest BCUT2D eigenvalue weighted by Crippen LogP contribution is 2.24. The Labute approximate surface area is 78.6 Å². The predicted octanol–water partition coefficient (Wildman–Crippen LogP) is 2.94. The SMILES string of the molecule is CC(C)(C)c1ccc(N=NN)cc1. The van der Waals surface area contributed by atoms with Gasteiger partial charge in [-0.25, -0.2) is 0 Å². The van der Waals surface area contributed by atoms with Crippen molar-refractivity contribution in [2.24, 2.45) is 16.2 Å². The molecular formula is C10H15N3. The first-order valence-corrected chi connectivity index (χ1v) is 4.25. The largest absolute Gasteiger partial charge is 0.305 e. The smallest absolute Gasteiger partial charge is 0.0874 e. The molecule has 13 heavy (non-hydrogen) atoms. The van der Waals surface area contributed by atoms with Crippen LogP contribution in [0.25, 0.3) is 0 Å². The molecule has 1 aromatic rings. The van der Waals surface area contributed by atoms with Gasteiger partial charge in [-0.05, 0) is 23.1 Å². The third-order valence-electron chi connectivity index (χ3n) is 1.91. The Balaban J connectivity index is 2.94. The van der Waals surface area contributed by atoms with Crippen LogP contribution in [-0.4, -0.2) is 0 Å². The van der Waals surface area contributed by atoms with Gasteiger partial charge in [0.05, 0.1) is 5.69 Å². The summed E-state index contributed by atoms with van der Waals surface area (Å²) in [6, 6.07) is 7.92. The molecule has 0 unspecified atom stereocenters. The van der Waals surface area contributed by atoms with Crippen molar-refractivity contribution in [3.63, 3.8) is 0 Å². The summed E-state index contributed by atoms with van der Waals surface area (Å²) in [4.78, 5) is 0. The van der Waals surface area contributed by atoms with Crippen LogP contribution in [0.2, 0.25) is 0 Å². The highest BCUT2D eigenvalue weighted by atomic mass is 15.3. The third kappa shape index (κ3) is 2.54. The van der Waals surface area contributed by atoms with E-state index < -0.39 is 0 Å². The van der Waals surface area contributed by atoms with E-state index >= 15 is 0 Å². The lowest BCUT2D eigenvalue weighted by atomic mass is 9.87. The first-order valence-electron chi connectivity index (χ1n) is 4.25. The molecule has 0 saturated carbocycles. The molecule has 3 heteroatoms. The Hall–Kier alpha value is -1.38. The van der Waals surface area contributed by atoms with Crippen LogP contribution in [0.4, 0.5) is 5.69 Å². The summed E-state index contributed by atoms with van der Waals surface area (Å²) in [5.41, 5.74) is 2.25. The first kappa shape index (κ1) is 9.71. The topological polar surface area (TPSA) is 50.7 Å². The summed E-state index contributed by atoms with van der Waals surface area (Å²) in [5.74, 6) is 4.94. The van der Waals surface area contributed by atoms with E-state index in [1.54, 1.807) is 0 Å². The Morgan fingerprint density at radius 1 is 1.08 bits per heavy atom. The molecule has 0 aromatic heterocycles. The van der Waals surface area contributed by atoms with E-state index in [4.69, 9.17) is 5.84 Å². The lowest BCUT2D eigenvalue weighted by molar-refractivity contribution is 0.590. The third-order valence-corrected chi connectivity index (χ3v) is 1.91. The van der Waals surface area contributed by atoms with Crippen LogP contribution in [0.5, 0.6) is 0 Å². The number of nitrogens with zero attached hydrogens (tertiary/aromatic N) is 2. The van der Waals surface area contributed by atoms with E-state index in [9.17, 15) is 0 Å². The molecule has 0 aliphatic carbocycles. The predicted molar refractivity (Wildman–Crippen MR) is 53.8 cm³/mol. The average molecular weight is 177 g/mol. The van der Waals surface area contributed by atoms with Crippen LogP contribution >= 0.6 is 0 Å². The van der Waals surface area contributed by atoms with Gasteiger partial charge in [0.25, 0.3) is 0 Å². The van der Waals surface area contributed by atoms with E-state index in [1.165, 1.54) is 5.56 Å². The van der Waals surface area contributed by atoms with Crippen molar-refractivity contribution < 1.29 is 0 Å². The molecule has 0 atom stereocenters. The van der Waals surface area contributed by atoms with E-state index in [2.05, 4.69) is 31.1 Å². The van der Waals surface area contributed by atoms with Crippen LogP contribution in [0.3, 0.4) is 0 Å². The summed E-state index contributed by atoms with van der Waals surface area (Å²) < 4.78 is 0. The van der Waals surface area contributed by atoms with Gasteiger partial charge in [-0.2, -0.15) is 0 Å². The van der Waals surface area contributed by atoms with Gasteiger partial charge in [0.2, 0.25) is 0 Å². The van der Waals surface area contributed by atoms with Crippen molar-refractivity contribution in [2.75, 3.05) is 0 Å². The summed E-state index contributed by atoms with van der Waals surface area (Å²) in [6.45, 7) is 6.52. The van der Waals surface area contributed by atoms with Crippen LogP contribution in [-0.2, 0) is 5.41 Å². The zero-order chi connectivity index (χ0) is 9.90. The molecule has 0 heterocycles. The van der Waals surface area contributed by atoms with Gasteiger partial charge >= 0.3 is 0 Å². The Kier molecular flexibility index (Phi) is 2.66. The molecule has 0 aliphatic heterocycles. The fraction of sp³-hybridized carbons (Fsp3) is 0.400. The monoisotopic (exact) mass is 177 g/mol. The van der Waals surface area contributed by atoms with E-state index in [-0.39, 0.29) is 5.41 Å². The maximum Gasteiger partial charge on any atom is 0.0874 e. The van der Waals surface area contributed by atoms with Crippen molar-refractivity contribution >= 4 is 5.69 Å². The van der Waals surface area contributed by atoms with Crippen LogP contribution in [0, 0.1) is 0 Å². The highest BCUT2D eigenvalue weighted by Gasteiger charge is 2.12. The lowest BCUT2D eigenvalue weighted by Crippen LogP contribution is -2.10. The molecule has 1 rings (SSSR count). The molecule has 0 radical (unpaired) electrons. The van der Waals surface area contributed by atoms with Crippen molar-refractivity contribution in [1.82, 2.24) is 0 Å². The summed E-state index contributed by atoms with van der Waals surface area (Å²) in [6.07, 6.45) is 0. The lowest BCUT2D eigenvalue weighted by Gasteiger charge is -2.18. The minimum absolute atomic E-state index is 0.179. The first-order chi connectivity index (χ1) is 6.04. The van der Waals surface area contributed by atoms with Crippen LogP contribution in [0.15, 0.2) is 34.6 Å². The molecule has 2 N–H and O–H groups in total. The normalized spacial score (nSPS) is 12.2. The molecule has 0 saturated heterocycles. The number of nitrogens with two attached hydrogens (primary N) is 1. The number of hydrogen-bond acceptors (Lipinski definition) is 2. The second-order valence-electron chi connectivity index (χ2n) is 4.01. The minimum Gasteiger partial charge on any atom is -0.305 e. The average Bonchev–Trinajstić information content (AvgIpc) is 2.04.